The summed E-state index contributed by atoms with van der Waals surface area (Å²) in [7, 11) is 0. The molecule has 0 radical (unpaired) electrons. The molecule has 1 atom stereocenters. The fourth-order valence-electron chi connectivity index (χ4n) is 1.56. The predicted molar refractivity (Wildman–Crippen MR) is 70.9 cm³/mol. The maximum Gasteiger partial charge on any atom is 0.102 e. The molecule has 0 spiro atoms. The summed E-state index contributed by atoms with van der Waals surface area (Å²) in [6.45, 7) is -0.269. The van der Waals surface area contributed by atoms with E-state index in [4.69, 9.17) is 5.11 Å². The quantitative estimate of drug-likeness (QED) is 0.787. The molecule has 0 aliphatic heterocycles. The van der Waals surface area contributed by atoms with Crippen LogP contribution in [0, 0.1) is 11.8 Å². The number of rotatable bonds is 2. The first-order chi connectivity index (χ1) is 8.79. The Morgan fingerprint density at radius 1 is 0.833 bits per heavy atom. The lowest BCUT2D eigenvalue weighted by Gasteiger charge is -2.06. The van der Waals surface area contributed by atoms with Gasteiger partial charge < -0.3 is 10.2 Å². The summed E-state index contributed by atoms with van der Waals surface area (Å²) in [6.07, 6.45) is -0.818. The molecule has 0 saturated carbocycles. The molecule has 0 aromatic heterocycles. The van der Waals surface area contributed by atoms with E-state index in [2.05, 4.69) is 11.8 Å². The van der Waals surface area contributed by atoms with Crippen molar-refractivity contribution in [2.45, 2.75) is 6.10 Å². The summed E-state index contributed by atoms with van der Waals surface area (Å²) in [5.41, 5.74) is 2.55. The van der Waals surface area contributed by atoms with Gasteiger partial charge >= 0.3 is 0 Å². The lowest BCUT2D eigenvalue weighted by atomic mass is 10.1. The SMILES string of the molecule is OC[C@@H](O)c1ccc(C#Cc2ccccc2)cc1. The number of aliphatic hydroxyl groups is 2. The molecule has 0 heterocycles. The third-order valence-corrected chi connectivity index (χ3v) is 2.59. The first-order valence-electron chi connectivity index (χ1n) is 5.75. The van der Waals surface area contributed by atoms with Crippen LogP contribution in [-0.4, -0.2) is 16.8 Å². The Bertz CT molecular complexity index is 547. The monoisotopic (exact) mass is 238 g/mol. The second kappa shape index (κ2) is 6.02. The maximum atomic E-state index is 9.44. The topological polar surface area (TPSA) is 40.5 Å². The highest BCUT2D eigenvalue weighted by atomic mass is 16.3. The van der Waals surface area contributed by atoms with E-state index in [-0.39, 0.29) is 6.61 Å². The van der Waals surface area contributed by atoms with Gasteiger partial charge in [0.1, 0.15) is 6.10 Å². The highest BCUT2D eigenvalue weighted by molar-refractivity contribution is 5.43. The third kappa shape index (κ3) is 3.21. The van der Waals surface area contributed by atoms with Crippen molar-refractivity contribution in [1.29, 1.82) is 0 Å². The van der Waals surface area contributed by atoms with E-state index in [1.807, 2.05) is 42.5 Å². The molecule has 18 heavy (non-hydrogen) atoms. The third-order valence-electron chi connectivity index (χ3n) is 2.59. The van der Waals surface area contributed by atoms with E-state index in [1.165, 1.54) is 0 Å². The number of aliphatic hydroxyl groups excluding tert-OH is 2. The first kappa shape index (κ1) is 12.4. The van der Waals surface area contributed by atoms with Crippen LogP contribution in [0.4, 0.5) is 0 Å². The minimum atomic E-state index is -0.818. The normalized spacial score (nSPS) is 11.4. The molecule has 0 amide bonds. The van der Waals surface area contributed by atoms with E-state index in [0.717, 1.165) is 11.1 Å². The van der Waals surface area contributed by atoms with Crippen LogP contribution in [0.1, 0.15) is 22.8 Å². The molecular weight excluding hydrogens is 224 g/mol. The highest BCUT2D eigenvalue weighted by Gasteiger charge is 2.03. The Hall–Kier alpha value is -2.08. The van der Waals surface area contributed by atoms with Crippen LogP contribution in [0.5, 0.6) is 0 Å². The molecule has 0 fully saturated rings. The smallest absolute Gasteiger partial charge is 0.102 e. The molecule has 2 aromatic carbocycles. The minimum absolute atomic E-state index is 0.269. The van der Waals surface area contributed by atoms with E-state index >= 15 is 0 Å². The number of hydrogen-bond acceptors (Lipinski definition) is 2. The van der Waals surface area contributed by atoms with Crippen molar-refractivity contribution in [2.75, 3.05) is 6.61 Å². The predicted octanol–water partition coefficient (Wildman–Crippen LogP) is 2.11. The fourth-order valence-corrected chi connectivity index (χ4v) is 1.56. The molecule has 2 heteroatoms. The van der Waals surface area contributed by atoms with Crippen molar-refractivity contribution in [3.63, 3.8) is 0 Å². The van der Waals surface area contributed by atoms with Crippen molar-refractivity contribution in [1.82, 2.24) is 0 Å². The van der Waals surface area contributed by atoms with Gasteiger partial charge in [-0.2, -0.15) is 0 Å². The van der Waals surface area contributed by atoms with Gasteiger partial charge in [0.25, 0.3) is 0 Å². The highest BCUT2D eigenvalue weighted by Crippen LogP contribution is 2.12. The largest absolute Gasteiger partial charge is 0.393 e. The molecule has 0 aliphatic carbocycles. The van der Waals surface area contributed by atoms with Gasteiger partial charge in [-0.15, -0.1) is 0 Å². The standard InChI is InChI=1S/C16H14O2/c17-12-16(18)15-10-8-14(9-11-15)7-6-13-4-2-1-3-5-13/h1-5,8-11,16-18H,12H2/t16-/m1/s1. The molecule has 0 aliphatic rings. The zero-order valence-electron chi connectivity index (χ0n) is 9.88. The van der Waals surface area contributed by atoms with Crippen LogP contribution in [0.2, 0.25) is 0 Å². The average molecular weight is 238 g/mol. The van der Waals surface area contributed by atoms with Gasteiger partial charge in [-0.1, -0.05) is 42.2 Å². The molecule has 0 unspecified atom stereocenters. The van der Waals surface area contributed by atoms with Crippen molar-refractivity contribution >= 4 is 0 Å². The van der Waals surface area contributed by atoms with E-state index in [1.54, 1.807) is 12.1 Å². The van der Waals surface area contributed by atoms with Gasteiger partial charge in [0.15, 0.2) is 0 Å². The molecule has 2 N–H and O–H groups in total. The van der Waals surface area contributed by atoms with Crippen LogP contribution in [-0.2, 0) is 0 Å². The zero-order valence-corrected chi connectivity index (χ0v) is 9.88. The fraction of sp³-hybridized carbons (Fsp3) is 0.125. The molecule has 2 aromatic rings. The molecular formula is C16H14O2. The summed E-state index contributed by atoms with van der Waals surface area (Å²) in [5, 5.41) is 18.3. The maximum absolute atomic E-state index is 9.44. The van der Waals surface area contributed by atoms with E-state index in [0.29, 0.717) is 5.56 Å². The Balaban J connectivity index is 2.14. The molecule has 0 bridgehead atoms. The van der Waals surface area contributed by atoms with E-state index < -0.39 is 6.10 Å². The Labute approximate surface area is 107 Å². The molecule has 0 saturated heterocycles. The van der Waals surface area contributed by atoms with Gasteiger partial charge in [0, 0.05) is 11.1 Å². The zero-order chi connectivity index (χ0) is 12.8. The second-order valence-corrected chi connectivity index (χ2v) is 3.94. The van der Waals surface area contributed by atoms with Crippen LogP contribution < -0.4 is 0 Å². The van der Waals surface area contributed by atoms with Gasteiger partial charge in [-0.3, -0.25) is 0 Å². The van der Waals surface area contributed by atoms with Gasteiger partial charge in [-0.05, 0) is 29.8 Å². The van der Waals surface area contributed by atoms with Crippen LogP contribution >= 0.6 is 0 Å². The lowest BCUT2D eigenvalue weighted by molar-refractivity contribution is 0.0956. The Morgan fingerprint density at radius 3 is 1.94 bits per heavy atom. The second-order valence-electron chi connectivity index (χ2n) is 3.94. The number of benzene rings is 2. The summed E-state index contributed by atoms with van der Waals surface area (Å²) >= 11 is 0. The molecule has 2 rings (SSSR count). The first-order valence-corrected chi connectivity index (χ1v) is 5.75. The van der Waals surface area contributed by atoms with Gasteiger partial charge in [0.2, 0.25) is 0 Å². The summed E-state index contributed by atoms with van der Waals surface area (Å²) < 4.78 is 0. The van der Waals surface area contributed by atoms with Crippen molar-refractivity contribution in [3.8, 4) is 11.8 Å². The van der Waals surface area contributed by atoms with Crippen molar-refractivity contribution in [3.05, 3.63) is 71.3 Å². The van der Waals surface area contributed by atoms with Crippen LogP contribution in [0.25, 0.3) is 0 Å². The van der Waals surface area contributed by atoms with Crippen molar-refractivity contribution in [2.24, 2.45) is 0 Å². The Morgan fingerprint density at radius 2 is 1.39 bits per heavy atom. The van der Waals surface area contributed by atoms with Crippen LogP contribution in [0.15, 0.2) is 54.6 Å². The van der Waals surface area contributed by atoms with Crippen molar-refractivity contribution < 1.29 is 10.2 Å². The Kier molecular flexibility index (Phi) is 4.14. The van der Waals surface area contributed by atoms with Gasteiger partial charge in [-0.25, -0.2) is 0 Å². The lowest BCUT2D eigenvalue weighted by Crippen LogP contribution is -2.01. The van der Waals surface area contributed by atoms with Crippen LogP contribution in [0.3, 0.4) is 0 Å². The molecule has 2 nitrogen and oxygen atoms in total. The summed E-state index contributed by atoms with van der Waals surface area (Å²) in [4.78, 5) is 0. The number of hydrogen-bond donors (Lipinski definition) is 2. The average Bonchev–Trinajstić information content (AvgIpc) is 2.46. The summed E-state index contributed by atoms with van der Waals surface area (Å²) in [6, 6.07) is 17.0. The summed E-state index contributed by atoms with van der Waals surface area (Å²) in [5.74, 6) is 6.11. The van der Waals surface area contributed by atoms with E-state index in [9.17, 15) is 5.11 Å². The molecule has 90 valence electrons. The minimum Gasteiger partial charge on any atom is -0.393 e. The van der Waals surface area contributed by atoms with Gasteiger partial charge in [0.05, 0.1) is 6.61 Å².